The molecule has 1 aliphatic carbocycles. The molecule has 1 aliphatic rings. The minimum atomic E-state index is -2.55. The topological polar surface area (TPSA) is 55.5 Å². The fourth-order valence-corrected chi connectivity index (χ4v) is 2.66. The summed E-state index contributed by atoms with van der Waals surface area (Å²) in [5.74, 6) is -2.54. The zero-order valence-corrected chi connectivity index (χ0v) is 12.4. The van der Waals surface area contributed by atoms with Gasteiger partial charge in [0, 0.05) is 18.4 Å². The number of benzene rings is 1. The number of alkyl halides is 2. The minimum Gasteiger partial charge on any atom is -0.493 e. The first-order valence-corrected chi connectivity index (χ1v) is 7.59. The van der Waals surface area contributed by atoms with Crippen LogP contribution >= 0.6 is 0 Å². The van der Waals surface area contributed by atoms with Gasteiger partial charge in [-0.25, -0.2) is 13.2 Å². The first-order valence-electron chi connectivity index (χ1n) is 7.59. The van der Waals surface area contributed by atoms with Crippen molar-refractivity contribution in [2.24, 2.45) is 11.7 Å². The molecule has 3 nitrogen and oxygen atoms in total. The largest absolute Gasteiger partial charge is 0.493 e. The Labute approximate surface area is 128 Å². The number of aliphatic hydroxyl groups excluding tert-OH is 1. The van der Waals surface area contributed by atoms with Gasteiger partial charge in [0.1, 0.15) is 11.6 Å². The molecular formula is C16H22F3NO2. The highest BCUT2D eigenvalue weighted by Gasteiger charge is 2.35. The van der Waals surface area contributed by atoms with Crippen LogP contribution in [-0.2, 0) is 0 Å². The quantitative estimate of drug-likeness (QED) is 0.845. The molecule has 6 heteroatoms. The summed E-state index contributed by atoms with van der Waals surface area (Å²) in [4.78, 5) is 0. The zero-order valence-electron chi connectivity index (χ0n) is 12.4. The molecule has 2 rings (SSSR count). The van der Waals surface area contributed by atoms with E-state index in [-0.39, 0.29) is 37.3 Å². The SMILES string of the molecule is NCCC(O)c1cc(OCC2CCC(F)(F)CC2)ccc1F. The van der Waals surface area contributed by atoms with Gasteiger partial charge in [0.15, 0.2) is 0 Å². The molecule has 1 saturated carbocycles. The van der Waals surface area contributed by atoms with Crippen LogP contribution in [0, 0.1) is 11.7 Å². The monoisotopic (exact) mass is 317 g/mol. The van der Waals surface area contributed by atoms with Crippen LogP contribution in [0.3, 0.4) is 0 Å². The third-order valence-corrected chi connectivity index (χ3v) is 4.09. The normalized spacial score (nSPS) is 19.9. The Balaban J connectivity index is 1.92. The van der Waals surface area contributed by atoms with E-state index in [1.807, 2.05) is 0 Å². The Morgan fingerprint density at radius 2 is 2.00 bits per heavy atom. The highest BCUT2D eigenvalue weighted by atomic mass is 19.3. The standard InChI is InChI=1S/C16H22F3NO2/c17-14-2-1-12(9-13(14)15(21)5-8-20)22-10-11-3-6-16(18,19)7-4-11/h1-2,9,11,15,21H,3-8,10,20H2. The van der Waals surface area contributed by atoms with Crippen molar-refractivity contribution in [1.82, 2.24) is 0 Å². The van der Waals surface area contributed by atoms with Crippen molar-refractivity contribution in [1.29, 1.82) is 0 Å². The lowest BCUT2D eigenvalue weighted by molar-refractivity contribution is -0.0498. The van der Waals surface area contributed by atoms with E-state index in [2.05, 4.69) is 0 Å². The molecule has 1 aromatic rings. The van der Waals surface area contributed by atoms with Crippen LogP contribution in [0.15, 0.2) is 18.2 Å². The van der Waals surface area contributed by atoms with Gasteiger partial charge in [0.2, 0.25) is 5.92 Å². The van der Waals surface area contributed by atoms with Crippen LogP contribution in [0.5, 0.6) is 5.75 Å². The summed E-state index contributed by atoms with van der Waals surface area (Å²) in [7, 11) is 0. The third-order valence-electron chi connectivity index (χ3n) is 4.09. The molecular weight excluding hydrogens is 295 g/mol. The van der Waals surface area contributed by atoms with Gasteiger partial charge in [-0.3, -0.25) is 0 Å². The van der Waals surface area contributed by atoms with Crippen LogP contribution < -0.4 is 10.5 Å². The Hall–Kier alpha value is -1.27. The van der Waals surface area contributed by atoms with Gasteiger partial charge < -0.3 is 15.6 Å². The predicted molar refractivity (Wildman–Crippen MR) is 77.4 cm³/mol. The average molecular weight is 317 g/mol. The summed E-state index contributed by atoms with van der Waals surface area (Å²) in [6.45, 7) is 0.579. The van der Waals surface area contributed by atoms with Gasteiger partial charge in [-0.1, -0.05) is 0 Å². The predicted octanol–water partition coefficient (Wildman–Crippen LogP) is 3.41. The van der Waals surface area contributed by atoms with Crippen molar-refractivity contribution >= 4 is 0 Å². The molecule has 0 amide bonds. The van der Waals surface area contributed by atoms with E-state index in [4.69, 9.17) is 10.5 Å². The number of hydrogen-bond donors (Lipinski definition) is 2. The first kappa shape index (κ1) is 17.1. The molecule has 3 N–H and O–H groups in total. The molecule has 0 bridgehead atoms. The van der Waals surface area contributed by atoms with Crippen LogP contribution in [0.2, 0.25) is 0 Å². The van der Waals surface area contributed by atoms with Crippen molar-refractivity contribution < 1.29 is 23.0 Å². The maximum absolute atomic E-state index is 13.7. The smallest absolute Gasteiger partial charge is 0.248 e. The fraction of sp³-hybridized carbons (Fsp3) is 0.625. The Morgan fingerprint density at radius 1 is 1.32 bits per heavy atom. The van der Waals surface area contributed by atoms with E-state index < -0.39 is 17.8 Å². The molecule has 124 valence electrons. The third kappa shape index (κ3) is 4.61. The highest BCUT2D eigenvalue weighted by Crippen LogP contribution is 2.36. The van der Waals surface area contributed by atoms with E-state index in [0.717, 1.165) is 0 Å². The van der Waals surface area contributed by atoms with E-state index in [0.29, 0.717) is 25.2 Å². The van der Waals surface area contributed by atoms with Crippen molar-refractivity contribution in [2.45, 2.75) is 44.1 Å². The molecule has 1 atom stereocenters. The average Bonchev–Trinajstić information content (AvgIpc) is 2.47. The Bertz CT molecular complexity index is 486. The lowest BCUT2D eigenvalue weighted by atomic mass is 9.87. The second-order valence-corrected chi connectivity index (χ2v) is 5.89. The van der Waals surface area contributed by atoms with E-state index in [9.17, 15) is 18.3 Å². The summed E-state index contributed by atoms with van der Waals surface area (Å²) in [6.07, 6.45) is -0.0661. The van der Waals surface area contributed by atoms with Crippen LogP contribution in [-0.4, -0.2) is 24.2 Å². The molecule has 0 saturated heterocycles. The Morgan fingerprint density at radius 3 is 2.64 bits per heavy atom. The summed E-state index contributed by atoms with van der Waals surface area (Å²) in [6, 6.07) is 4.16. The molecule has 0 radical (unpaired) electrons. The molecule has 0 aromatic heterocycles. The fourth-order valence-electron chi connectivity index (χ4n) is 2.66. The summed E-state index contributed by atoms with van der Waals surface area (Å²) in [5, 5.41) is 9.84. The molecule has 1 aromatic carbocycles. The van der Waals surface area contributed by atoms with Crippen molar-refractivity contribution in [3.8, 4) is 5.75 Å². The molecule has 0 aliphatic heterocycles. The number of rotatable bonds is 6. The van der Waals surface area contributed by atoms with Crippen molar-refractivity contribution in [3.05, 3.63) is 29.6 Å². The zero-order chi connectivity index (χ0) is 16.2. The number of ether oxygens (including phenoxy) is 1. The van der Waals surface area contributed by atoms with Crippen molar-refractivity contribution in [2.75, 3.05) is 13.2 Å². The van der Waals surface area contributed by atoms with Gasteiger partial charge in [-0.15, -0.1) is 0 Å². The van der Waals surface area contributed by atoms with Gasteiger partial charge in [-0.05, 0) is 49.9 Å². The minimum absolute atomic E-state index is 0.0853. The van der Waals surface area contributed by atoms with Crippen LogP contribution in [0.25, 0.3) is 0 Å². The highest BCUT2D eigenvalue weighted by molar-refractivity contribution is 5.31. The number of aliphatic hydroxyl groups is 1. The van der Waals surface area contributed by atoms with E-state index >= 15 is 0 Å². The lowest BCUT2D eigenvalue weighted by Crippen LogP contribution is -2.27. The number of nitrogens with two attached hydrogens (primary N) is 1. The maximum Gasteiger partial charge on any atom is 0.248 e. The molecule has 1 fully saturated rings. The molecule has 1 unspecified atom stereocenters. The second kappa shape index (κ2) is 7.33. The van der Waals surface area contributed by atoms with Gasteiger partial charge in [0.25, 0.3) is 0 Å². The van der Waals surface area contributed by atoms with Gasteiger partial charge in [-0.2, -0.15) is 0 Å². The summed E-state index contributed by atoms with van der Waals surface area (Å²) >= 11 is 0. The van der Waals surface area contributed by atoms with Crippen LogP contribution in [0.1, 0.15) is 43.8 Å². The molecule has 0 heterocycles. The number of hydrogen-bond acceptors (Lipinski definition) is 3. The van der Waals surface area contributed by atoms with Gasteiger partial charge >= 0.3 is 0 Å². The van der Waals surface area contributed by atoms with Crippen molar-refractivity contribution in [3.63, 3.8) is 0 Å². The van der Waals surface area contributed by atoms with Crippen LogP contribution in [0.4, 0.5) is 13.2 Å². The first-order chi connectivity index (χ1) is 10.4. The second-order valence-electron chi connectivity index (χ2n) is 5.89. The lowest BCUT2D eigenvalue weighted by Gasteiger charge is -2.28. The van der Waals surface area contributed by atoms with Gasteiger partial charge in [0.05, 0.1) is 12.7 Å². The number of halogens is 3. The van der Waals surface area contributed by atoms with E-state index in [1.165, 1.54) is 18.2 Å². The Kier molecular flexibility index (Phi) is 5.69. The van der Waals surface area contributed by atoms with E-state index in [1.54, 1.807) is 0 Å². The summed E-state index contributed by atoms with van der Waals surface area (Å²) < 4.78 is 45.4. The molecule has 22 heavy (non-hydrogen) atoms. The summed E-state index contributed by atoms with van der Waals surface area (Å²) in [5.41, 5.74) is 5.51. The maximum atomic E-state index is 13.7. The molecule has 0 spiro atoms.